The first-order valence-corrected chi connectivity index (χ1v) is 19.4. The quantitative estimate of drug-likeness (QED) is 0.203. The van der Waals surface area contributed by atoms with Crippen molar-refractivity contribution in [2.45, 2.75) is 82.9 Å². The zero-order valence-electron chi connectivity index (χ0n) is 30.2. The molecule has 2 saturated carbocycles. The number of anilines is 1. The summed E-state index contributed by atoms with van der Waals surface area (Å²) in [5, 5.41) is 3.92. The Morgan fingerprint density at radius 1 is 1.17 bits per heavy atom. The number of pyridine rings is 2. The van der Waals surface area contributed by atoms with Crippen LogP contribution in [-0.4, -0.2) is 83.3 Å². The fraction of sp³-hybridized carbons (Fsp3) is 0.486. The molecule has 3 aliphatic rings. The normalized spacial score (nSPS) is 27.6. The van der Waals surface area contributed by atoms with E-state index in [9.17, 15) is 22.8 Å². The molecule has 1 aliphatic heterocycles. The SMILES string of the molecule is C=C[C@@H]1C[C@]1(NC(=O)[N+]1(C(=O)C(N)C(C)C)C[C@H](Oc2ncc(OC)c3ccc(Cl)cc23)C(C)C1C)C(=O)N(c1cccc(C)n1)S(=O)(=O)C1CC1. The molecule has 2 aliphatic carbocycles. The molecular formula is C37H46ClN6O7S+. The van der Waals surface area contributed by atoms with Crippen molar-refractivity contribution in [3.8, 4) is 11.6 Å². The number of amides is 4. The van der Waals surface area contributed by atoms with Crippen molar-refractivity contribution in [1.82, 2.24) is 15.3 Å². The van der Waals surface area contributed by atoms with Crippen molar-refractivity contribution in [3.05, 3.63) is 66.0 Å². The van der Waals surface area contributed by atoms with Gasteiger partial charge in [-0.05, 0) is 69.4 Å². The number of aromatic nitrogens is 2. The number of benzene rings is 1. The third kappa shape index (κ3) is 6.22. The van der Waals surface area contributed by atoms with Gasteiger partial charge in [-0.3, -0.25) is 10.1 Å². The van der Waals surface area contributed by atoms with Gasteiger partial charge in [0.25, 0.3) is 5.91 Å². The van der Waals surface area contributed by atoms with Crippen LogP contribution in [0.15, 0.2) is 55.3 Å². The van der Waals surface area contributed by atoms with Crippen LogP contribution in [0, 0.1) is 24.7 Å². The van der Waals surface area contributed by atoms with Crippen LogP contribution in [-0.2, 0) is 19.6 Å². The van der Waals surface area contributed by atoms with Gasteiger partial charge < -0.3 is 15.2 Å². The molecule has 4 amide bonds. The lowest BCUT2D eigenvalue weighted by Crippen LogP contribution is -2.70. The highest BCUT2D eigenvalue weighted by atomic mass is 35.5. The number of hydrogen-bond acceptors (Lipinski definition) is 10. The number of nitrogens with two attached hydrogens (primary N) is 1. The topological polar surface area (TPSA) is 171 Å². The zero-order chi connectivity index (χ0) is 37.9. The lowest BCUT2D eigenvalue weighted by molar-refractivity contribution is -0.789. The summed E-state index contributed by atoms with van der Waals surface area (Å²) in [7, 11) is -2.64. The Morgan fingerprint density at radius 3 is 2.48 bits per heavy atom. The molecule has 6 rings (SSSR count). The van der Waals surface area contributed by atoms with E-state index in [0.717, 1.165) is 4.31 Å². The van der Waals surface area contributed by atoms with E-state index in [-0.39, 0.29) is 30.6 Å². The fourth-order valence-corrected chi connectivity index (χ4v) is 9.20. The number of ether oxygens (including phenoxy) is 2. The van der Waals surface area contributed by atoms with Gasteiger partial charge in [-0.2, -0.15) is 8.79 Å². The van der Waals surface area contributed by atoms with E-state index in [1.807, 2.05) is 6.92 Å². The third-order valence-electron chi connectivity index (χ3n) is 11.0. The van der Waals surface area contributed by atoms with Crippen LogP contribution >= 0.6 is 11.6 Å². The first-order valence-electron chi connectivity index (χ1n) is 17.5. The Hall–Kier alpha value is -4.11. The summed E-state index contributed by atoms with van der Waals surface area (Å²) in [6, 6.07) is 7.53. The molecule has 1 saturated heterocycles. The van der Waals surface area contributed by atoms with E-state index < -0.39 is 73.2 Å². The molecule has 1 aromatic carbocycles. The number of carbonyl (C=O) groups is 3. The predicted octanol–water partition coefficient (Wildman–Crippen LogP) is 4.89. The molecule has 278 valence electrons. The number of hydrogen-bond donors (Lipinski definition) is 2. The largest absolute Gasteiger partial charge is 0.494 e. The number of carbonyl (C=O) groups excluding carboxylic acids is 3. The highest BCUT2D eigenvalue weighted by Crippen LogP contribution is 2.49. The summed E-state index contributed by atoms with van der Waals surface area (Å²) in [4.78, 5) is 53.1. The number of fused-ring (bicyclic) bond motifs is 1. The second kappa shape index (κ2) is 13.7. The second-order valence-electron chi connectivity index (χ2n) is 14.6. The van der Waals surface area contributed by atoms with E-state index in [2.05, 4.69) is 21.9 Å². The highest BCUT2D eigenvalue weighted by molar-refractivity contribution is 7.94. The van der Waals surface area contributed by atoms with Crippen molar-refractivity contribution in [3.63, 3.8) is 0 Å². The van der Waals surface area contributed by atoms with Crippen molar-refractivity contribution in [2.24, 2.45) is 23.5 Å². The van der Waals surface area contributed by atoms with Crippen LogP contribution in [0.3, 0.4) is 0 Å². The monoisotopic (exact) mass is 753 g/mol. The summed E-state index contributed by atoms with van der Waals surface area (Å²) in [5.41, 5.74) is 5.33. The average molecular weight is 754 g/mol. The molecule has 3 fully saturated rings. The van der Waals surface area contributed by atoms with E-state index in [4.69, 9.17) is 26.8 Å². The Morgan fingerprint density at radius 2 is 1.88 bits per heavy atom. The average Bonchev–Trinajstić information content (AvgIpc) is 4.04. The number of aryl methyl sites for hydroxylation is 1. The number of nitrogens with zero attached hydrogens (tertiary/aromatic N) is 4. The summed E-state index contributed by atoms with van der Waals surface area (Å²) < 4.78 is 39.7. The number of sulfonamides is 1. The Bertz CT molecular complexity index is 2060. The number of imide groups is 1. The minimum absolute atomic E-state index is 0.0574. The fourth-order valence-electron chi connectivity index (χ4n) is 7.24. The lowest BCUT2D eigenvalue weighted by atomic mass is 9.99. The third-order valence-corrected chi connectivity index (χ3v) is 13.4. The summed E-state index contributed by atoms with van der Waals surface area (Å²) in [6.45, 7) is 12.7. The number of likely N-dealkylation sites (tertiary alicyclic amines) is 1. The number of rotatable bonds is 11. The first kappa shape index (κ1) is 37.6. The molecule has 2 aromatic heterocycles. The molecule has 3 N–H and O–H groups in total. The van der Waals surface area contributed by atoms with Crippen molar-refractivity contribution >= 4 is 56.1 Å². The van der Waals surface area contributed by atoms with Gasteiger partial charge in [-0.15, -0.1) is 6.58 Å². The Labute approximate surface area is 309 Å². The van der Waals surface area contributed by atoms with Crippen molar-refractivity contribution in [1.29, 1.82) is 0 Å². The van der Waals surface area contributed by atoms with Gasteiger partial charge in [-0.25, -0.2) is 28.0 Å². The van der Waals surface area contributed by atoms with Gasteiger partial charge in [0.05, 0.1) is 24.5 Å². The summed E-state index contributed by atoms with van der Waals surface area (Å²) in [6.07, 6.45) is 3.24. The molecular weight excluding hydrogens is 708 g/mol. The van der Waals surface area contributed by atoms with Crippen LogP contribution < -0.4 is 24.8 Å². The molecule has 3 heterocycles. The zero-order valence-corrected chi connectivity index (χ0v) is 31.8. The summed E-state index contributed by atoms with van der Waals surface area (Å²) in [5.74, 6) is -2.02. The van der Waals surface area contributed by atoms with Gasteiger partial charge in [0.15, 0.2) is 6.10 Å². The van der Waals surface area contributed by atoms with Gasteiger partial charge >= 0.3 is 11.9 Å². The Kier molecular flexibility index (Phi) is 9.92. The van der Waals surface area contributed by atoms with Crippen molar-refractivity contribution in [2.75, 3.05) is 18.0 Å². The molecule has 3 aromatic rings. The molecule has 15 heteroatoms. The van der Waals surface area contributed by atoms with Gasteiger partial charge in [0.2, 0.25) is 15.9 Å². The standard InChI is InChI=1S/C37H45ClN6O7S/c1-8-24-17-37(24,35(46)43(52(48,49)26-13-14-26)31-11-9-10-21(4)41-31)42-36(47)44(34(45)32(39)20(2)3)19-30(22(5)23(44)6)51-33-28-16-25(38)12-15-27(28)29(50-7)18-40-33/h8-12,15-16,18,20,22-24,26,30,32H,1,13-14,17,19,39H2,2-7H3/p+1/t22?,23?,24-,30+,32?,37-,44?/m1/s1. The van der Waals surface area contributed by atoms with Crippen LogP contribution in [0.25, 0.3) is 10.8 Å². The highest BCUT2D eigenvalue weighted by Gasteiger charge is 2.69. The number of halogens is 1. The molecule has 0 spiro atoms. The molecule has 0 bridgehead atoms. The maximum atomic E-state index is 15.0. The predicted molar refractivity (Wildman–Crippen MR) is 197 cm³/mol. The minimum atomic E-state index is -4.17. The van der Waals surface area contributed by atoms with Gasteiger partial charge in [0, 0.05) is 27.4 Å². The minimum Gasteiger partial charge on any atom is -0.494 e. The van der Waals surface area contributed by atoms with E-state index in [1.165, 1.54) is 25.4 Å². The van der Waals surface area contributed by atoms with Crippen LogP contribution in [0.2, 0.25) is 5.02 Å². The number of quaternary nitrogens is 1. The maximum Gasteiger partial charge on any atom is 0.425 e. The van der Waals surface area contributed by atoms with Gasteiger partial charge in [0.1, 0.15) is 35.7 Å². The molecule has 7 atom stereocenters. The molecule has 0 radical (unpaired) electrons. The number of methoxy groups -OCH3 is 1. The Balaban J connectivity index is 1.40. The first-order chi connectivity index (χ1) is 24.5. The molecule has 4 unspecified atom stereocenters. The van der Waals surface area contributed by atoms with E-state index >= 15 is 0 Å². The molecule has 52 heavy (non-hydrogen) atoms. The number of urea groups is 1. The van der Waals surface area contributed by atoms with Crippen LogP contribution in [0.5, 0.6) is 11.6 Å². The van der Waals surface area contributed by atoms with Crippen LogP contribution in [0.1, 0.15) is 52.7 Å². The smallest absolute Gasteiger partial charge is 0.425 e. The van der Waals surface area contributed by atoms with Crippen LogP contribution in [0.4, 0.5) is 10.6 Å². The van der Waals surface area contributed by atoms with Gasteiger partial charge in [-0.1, -0.05) is 44.5 Å². The number of nitrogens with one attached hydrogen (secondary N) is 1. The maximum absolute atomic E-state index is 15.0. The summed E-state index contributed by atoms with van der Waals surface area (Å²) >= 11 is 6.36. The second-order valence-corrected chi connectivity index (χ2v) is 17.1. The lowest BCUT2D eigenvalue weighted by Gasteiger charge is -2.37. The molecule has 13 nitrogen and oxygen atoms in total. The van der Waals surface area contributed by atoms with E-state index in [0.29, 0.717) is 40.1 Å². The van der Waals surface area contributed by atoms with Crippen molar-refractivity contribution < 1.29 is 36.8 Å². The van der Waals surface area contributed by atoms with E-state index in [1.54, 1.807) is 58.0 Å².